The summed E-state index contributed by atoms with van der Waals surface area (Å²) in [5, 5.41) is 12.5. The molecule has 0 spiro atoms. The van der Waals surface area contributed by atoms with Crippen LogP contribution in [0.4, 0.5) is 0 Å². The van der Waals surface area contributed by atoms with Crippen molar-refractivity contribution in [3.8, 4) is 0 Å². The van der Waals surface area contributed by atoms with Crippen LogP contribution in [0.5, 0.6) is 0 Å². The lowest BCUT2D eigenvalue weighted by Gasteiger charge is -2.24. The van der Waals surface area contributed by atoms with E-state index in [1.54, 1.807) is 0 Å². The molecule has 0 aliphatic carbocycles. The van der Waals surface area contributed by atoms with Crippen molar-refractivity contribution in [3.63, 3.8) is 0 Å². The van der Waals surface area contributed by atoms with Crippen LogP contribution in [0, 0.1) is 5.92 Å². The first kappa shape index (κ1) is 9.92. The van der Waals surface area contributed by atoms with Crippen molar-refractivity contribution in [1.82, 2.24) is 5.32 Å². The van der Waals surface area contributed by atoms with E-state index in [-0.39, 0.29) is 12.1 Å². The summed E-state index contributed by atoms with van der Waals surface area (Å²) < 4.78 is 0. The second-order valence-electron chi connectivity index (χ2n) is 3.03. The zero-order valence-corrected chi connectivity index (χ0v) is 7.39. The van der Waals surface area contributed by atoms with Crippen LogP contribution < -0.4 is 5.32 Å². The molecular formula is C8H19NO. The van der Waals surface area contributed by atoms with Gasteiger partial charge in [-0.15, -0.1) is 0 Å². The molecule has 0 rings (SSSR count). The summed E-state index contributed by atoms with van der Waals surface area (Å²) in [6.07, 6.45) is 0.619. The van der Waals surface area contributed by atoms with Gasteiger partial charge in [-0.3, -0.25) is 0 Å². The summed E-state index contributed by atoms with van der Waals surface area (Å²) in [6.45, 7) is 6.22. The van der Waals surface area contributed by atoms with Gasteiger partial charge in [-0.1, -0.05) is 20.8 Å². The Hall–Kier alpha value is -0.0800. The highest BCUT2D eigenvalue weighted by Gasteiger charge is 2.18. The van der Waals surface area contributed by atoms with Crippen molar-refractivity contribution in [2.45, 2.75) is 39.3 Å². The summed E-state index contributed by atoms with van der Waals surface area (Å²) in [4.78, 5) is 0. The molecule has 0 aliphatic heterocycles. The van der Waals surface area contributed by atoms with E-state index in [4.69, 9.17) is 0 Å². The van der Waals surface area contributed by atoms with Gasteiger partial charge in [0.05, 0.1) is 6.10 Å². The van der Waals surface area contributed by atoms with Gasteiger partial charge in [0.25, 0.3) is 0 Å². The second-order valence-corrected chi connectivity index (χ2v) is 3.03. The fourth-order valence-corrected chi connectivity index (χ4v) is 1.22. The highest BCUT2D eigenvalue weighted by Crippen LogP contribution is 2.07. The summed E-state index contributed by atoms with van der Waals surface area (Å²) in [6, 6.07) is 0.241. The largest absolute Gasteiger partial charge is 0.392 e. The van der Waals surface area contributed by atoms with Gasteiger partial charge in [0.2, 0.25) is 0 Å². The van der Waals surface area contributed by atoms with E-state index in [1.165, 1.54) is 0 Å². The summed E-state index contributed by atoms with van der Waals surface area (Å²) >= 11 is 0. The maximum atomic E-state index is 9.43. The molecule has 0 aromatic heterocycles. The molecule has 2 unspecified atom stereocenters. The maximum Gasteiger partial charge on any atom is 0.0692 e. The average molecular weight is 145 g/mol. The van der Waals surface area contributed by atoms with E-state index in [2.05, 4.69) is 19.2 Å². The Kier molecular flexibility index (Phi) is 4.65. The van der Waals surface area contributed by atoms with E-state index in [0.717, 1.165) is 6.42 Å². The fourth-order valence-electron chi connectivity index (χ4n) is 1.22. The van der Waals surface area contributed by atoms with Crippen molar-refractivity contribution in [3.05, 3.63) is 0 Å². The fraction of sp³-hybridized carbons (Fsp3) is 1.00. The molecule has 0 bridgehead atoms. The third-order valence-electron chi connectivity index (χ3n) is 1.88. The number of hydrogen-bond acceptors (Lipinski definition) is 2. The third-order valence-corrected chi connectivity index (χ3v) is 1.88. The molecule has 2 atom stereocenters. The molecule has 0 aromatic rings. The van der Waals surface area contributed by atoms with Crippen molar-refractivity contribution >= 4 is 0 Å². The molecule has 0 saturated carbocycles. The van der Waals surface area contributed by atoms with Gasteiger partial charge in [-0.25, -0.2) is 0 Å². The molecule has 0 amide bonds. The Balaban J connectivity index is 3.80. The summed E-state index contributed by atoms with van der Waals surface area (Å²) in [5.74, 6) is 0.500. The molecule has 0 fully saturated rings. The number of aliphatic hydroxyl groups is 1. The minimum absolute atomic E-state index is 0.204. The maximum absolute atomic E-state index is 9.43. The van der Waals surface area contributed by atoms with Crippen LogP contribution in [0.1, 0.15) is 27.2 Å². The first-order valence-corrected chi connectivity index (χ1v) is 3.98. The van der Waals surface area contributed by atoms with E-state index < -0.39 is 0 Å². The number of hydrogen-bond donors (Lipinski definition) is 2. The normalized spacial score (nSPS) is 17.4. The standard InChI is InChI=1S/C8H19NO/c1-5-7(10)8(9-4)6(2)3/h6-10H,5H2,1-4H3. The topological polar surface area (TPSA) is 32.3 Å². The minimum Gasteiger partial charge on any atom is -0.392 e. The number of aliphatic hydroxyl groups excluding tert-OH is 1. The van der Waals surface area contributed by atoms with E-state index in [0.29, 0.717) is 5.92 Å². The third kappa shape index (κ3) is 2.67. The van der Waals surface area contributed by atoms with Crippen molar-refractivity contribution in [2.24, 2.45) is 5.92 Å². The molecule has 0 radical (unpaired) electrons. The predicted molar refractivity (Wildman–Crippen MR) is 44.0 cm³/mol. The smallest absolute Gasteiger partial charge is 0.0692 e. The number of rotatable bonds is 4. The Labute approximate surface area is 63.6 Å². The van der Waals surface area contributed by atoms with Gasteiger partial charge in [0.1, 0.15) is 0 Å². The Morgan fingerprint density at radius 3 is 2.00 bits per heavy atom. The zero-order valence-electron chi connectivity index (χ0n) is 7.39. The molecule has 62 valence electrons. The highest BCUT2D eigenvalue weighted by molar-refractivity contribution is 4.75. The van der Waals surface area contributed by atoms with Crippen LogP contribution in [0.15, 0.2) is 0 Å². The monoisotopic (exact) mass is 145 g/mol. The first-order chi connectivity index (χ1) is 4.63. The first-order valence-electron chi connectivity index (χ1n) is 3.98. The van der Waals surface area contributed by atoms with Crippen LogP contribution in [0.3, 0.4) is 0 Å². The lowest BCUT2D eigenvalue weighted by molar-refractivity contribution is 0.105. The van der Waals surface area contributed by atoms with Crippen molar-refractivity contribution in [2.75, 3.05) is 7.05 Å². The Bertz CT molecular complexity index is 83.3. The average Bonchev–Trinajstić information content (AvgIpc) is 1.88. The van der Waals surface area contributed by atoms with Gasteiger partial charge in [-0.2, -0.15) is 0 Å². The SMILES string of the molecule is CCC(O)C(NC)C(C)C. The molecule has 2 heteroatoms. The second kappa shape index (κ2) is 4.69. The molecule has 0 aromatic carbocycles. The predicted octanol–water partition coefficient (Wildman–Crippen LogP) is 1.00. The van der Waals surface area contributed by atoms with Gasteiger partial charge in [0, 0.05) is 6.04 Å². The summed E-state index contributed by atoms with van der Waals surface area (Å²) in [5.41, 5.74) is 0. The molecule has 2 N–H and O–H groups in total. The Morgan fingerprint density at radius 1 is 1.40 bits per heavy atom. The van der Waals surface area contributed by atoms with E-state index in [1.807, 2.05) is 14.0 Å². The van der Waals surface area contributed by atoms with Crippen LogP contribution in [-0.4, -0.2) is 24.3 Å². The Morgan fingerprint density at radius 2 is 1.90 bits per heavy atom. The number of nitrogens with one attached hydrogen (secondary N) is 1. The van der Waals surface area contributed by atoms with E-state index >= 15 is 0 Å². The minimum atomic E-state index is -0.204. The van der Waals surface area contributed by atoms with Crippen molar-refractivity contribution in [1.29, 1.82) is 0 Å². The summed E-state index contributed by atoms with van der Waals surface area (Å²) in [7, 11) is 1.89. The molecule has 0 saturated heterocycles. The zero-order chi connectivity index (χ0) is 8.15. The lowest BCUT2D eigenvalue weighted by atomic mass is 9.97. The molecule has 2 nitrogen and oxygen atoms in total. The van der Waals surface area contributed by atoms with Crippen LogP contribution in [0.2, 0.25) is 0 Å². The van der Waals surface area contributed by atoms with Crippen molar-refractivity contribution < 1.29 is 5.11 Å². The molecule has 0 aliphatic rings. The highest BCUT2D eigenvalue weighted by atomic mass is 16.3. The van der Waals surface area contributed by atoms with Gasteiger partial charge in [-0.05, 0) is 19.4 Å². The van der Waals surface area contributed by atoms with Gasteiger partial charge < -0.3 is 10.4 Å². The molecule has 10 heavy (non-hydrogen) atoms. The van der Waals surface area contributed by atoms with Gasteiger partial charge in [0.15, 0.2) is 0 Å². The van der Waals surface area contributed by atoms with Crippen LogP contribution >= 0.6 is 0 Å². The number of likely N-dealkylation sites (N-methyl/N-ethyl adjacent to an activating group) is 1. The van der Waals surface area contributed by atoms with Crippen LogP contribution in [-0.2, 0) is 0 Å². The van der Waals surface area contributed by atoms with Crippen LogP contribution in [0.25, 0.3) is 0 Å². The quantitative estimate of drug-likeness (QED) is 0.618. The lowest BCUT2D eigenvalue weighted by Crippen LogP contribution is -2.41. The van der Waals surface area contributed by atoms with E-state index in [9.17, 15) is 5.11 Å². The molecular weight excluding hydrogens is 126 g/mol. The van der Waals surface area contributed by atoms with Gasteiger partial charge >= 0.3 is 0 Å². The molecule has 0 heterocycles.